The van der Waals surface area contributed by atoms with Gasteiger partial charge in [0.1, 0.15) is 0 Å². The number of aromatic nitrogens is 1. The van der Waals surface area contributed by atoms with Crippen LogP contribution in [-0.4, -0.2) is 25.4 Å². The van der Waals surface area contributed by atoms with Gasteiger partial charge in [0.15, 0.2) is 0 Å². The van der Waals surface area contributed by atoms with Crippen molar-refractivity contribution in [3.8, 4) is 6.07 Å². The molecule has 0 saturated carbocycles. The molecule has 1 amide bonds. The van der Waals surface area contributed by atoms with Crippen LogP contribution in [0.3, 0.4) is 0 Å². The van der Waals surface area contributed by atoms with Gasteiger partial charge in [-0.15, -0.1) is 0 Å². The highest BCUT2D eigenvalue weighted by Gasteiger charge is 2.14. The Morgan fingerprint density at radius 1 is 1.19 bits per heavy atom. The highest BCUT2D eigenvalue weighted by molar-refractivity contribution is 7.89. The monoisotopic (exact) mass is 450 g/mol. The van der Waals surface area contributed by atoms with Crippen LogP contribution in [0.5, 0.6) is 0 Å². The number of fused-ring (bicyclic) bond motifs is 1. The summed E-state index contributed by atoms with van der Waals surface area (Å²) in [7, 11) is -3.62. The van der Waals surface area contributed by atoms with Gasteiger partial charge in [-0.3, -0.25) is 4.79 Å². The first kappa shape index (κ1) is 23.3. The summed E-state index contributed by atoms with van der Waals surface area (Å²) in [6.45, 7) is 2.94. The number of carbonyl (C=O) groups is 1. The van der Waals surface area contributed by atoms with E-state index in [1.54, 1.807) is 18.2 Å². The summed E-state index contributed by atoms with van der Waals surface area (Å²) < 4.78 is 29.4. The van der Waals surface area contributed by atoms with Crippen molar-refractivity contribution in [2.75, 3.05) is 11.9 Å². The van der Waals surface area contributed by atoms with E-state index in [1.165, 1.54) is 18.2 Å². The van der Waals surface area contributed by atoms with Crippen molar-refractivity contribution in [1.29, 1.82) is 5.26 Å². The van der Waals surface area contributed by atoms with Gasteiger partial charge < -0.3 is 9.88 Å². The molecule has 0 aliphatic carbocycles. The quantitative estimate of drug-likeness (QED) is 0.355. The summed E-state index contributed by atoms with van der Waals surface area (Å²) in [5.41, 5.74) is 2.26. The molecule has 1 aromatic heterocycles. The van der Waals surface area contributed by atoms with Gasteiger partial charge in [0.2, 0.25) is 15.9 Å². The average Bonchev–Trinajstić information content (AvgIpc) is 3.14. The van der Waals surface area contributed by atoms with Gasteiger partial charge in [0.25, 0.3) is 0 Å². The van der Waals surface area contributed by atoms with Gasteiger partial charge in [-0.2, -0.15) is 5.26 Å². The molecule has 3 aromatic rings. The Kier molecular flexibility index (Phi) is 7.82. The van der Waals surface area contributed by atoms with Crippen LogP contribution in [0.4, 0.5) is 5.69 Å². The van der Waals surface area contributed by atoms with E-state index in [1.807, 2.05) is 42.0 Å². The lowest BCUT2D eigenvalue weighted by Gasteiger charge is -2.08. The first-order chi connectivity index (χ1) is 15.4. The van der Waals surface area contributed by atoms with E-state index in [-0.39, 0.29) is 10.8 Å². The summed E-state index contributed by atoms with van der Waals surface area (Å²) in [6, 6.07) is 16.1. The molecule has 1 heterocycles. The van der Waals surface area contributed by atoms with Crippen molar-refractivity contribution in [3.05, 3.63) is 66.4 Å². The Morgan fingerprint density at radius 2 is 2.00 bits per heavy atom. The van der Waals surface area contributed by atoms with Crippen LogP contribution in [0.1, 0.15) is 31.7 Å². The molecule has 166 valence electrons. The van der Waals surface area contributed by atoms with Gasteiger partial charge in [-0.05, 0) is 36.8 Å². The molecule has 0 unspecified atom stereocenters. The highest BCUT2D eigenvalue weighted by Crippen LogP contribution is 2.23. The lowest BCUT2D eigenvalue weighted by molar-refractivity contribution is -0.111. The number of hydrogen-bond acceptors (Lipinski definition) is 4. The number of carbonyl (C=O) groups excluding carboxylic acids is 1. The number of aryl methyl sites for hydroxylation is 1. The third-order valence-corrected chi connectivity index (χ3v) is 6.39. The predicted molar refractivity (Wildman–Crippen MR) is 126 cm³/mol. The Bertz CT molecular complexity index is 1270. The smallest absolute Gasteiger partial charge is 0.248 e. The number of para-hydroxylation sites is 1. The summed E-state index contributed by atoms with van der Waals surface area (Å²) in [6.07, 6.45) is 7.09. The number of benzene rings is 2. The molecule has 32 heavy (non-hydrogen) atoms. The van der Waals surface area contributed by atoms with Crippen LogP contribution < -0.4 is 10.0 Å². The predicted octanol–water partition coefficient (Wildman–Crippen LogP) is 4.29. The number of anilines is 1. The number of rotatable bonds is 10. The largest absolute Gasteiger partial charge is 0.346 e. The molecule has 3 rings (SSSR count). The molecule has 2 aromatic carbocycles. The van der Waals surface area contributed by atoms with E-state index in [9.17, 15) is 13.2 Å². The number of unbranched alkanes of at least 4 members (excludes halogenated alkanes) is 1. The van der Waals surface area contributed by atoms with E-state index >= 15 is 0 Å². The lowest BCUT2D eigenvalue weighted by Crippen LogP contribution is -2.24. The zero-order valence-electron chi connectivity index (χ0n) is 17.9. The molecule has 0 bridgehead atoms. The van der Waals surface area contributed by atoms with Gasteiger partial charge in [-0.25, -0.2) is 13.1 Å². The van der Waals surface area contributed by atoms with Crippen LogP contribution in [-0.2, 0) is 21.4 Å². The van der Waals surface area contributed by atoms with E-state index in [0.29, 0.717) is 25.2 Å². The van der Waals surface area contributed by atoms with Gasteiger partial charge in [-0.1, -0.05) is 37.6 Å². The highest BCUT2D eigenvalue weighted by atomic mass is 32.2. The van der Waals surface area contributed by atoms with Crippen molar-refractivity contribution in [3.63, 3.8) is 0 Å². The first-order valence-corrected chi connectivity index (χ1v) is 12.0. The SMILES string of the molecule is CCCCNS(=O)(=O)c1cccc(NC(=O)C=Cc2cn(CCC#N)c3ccccc23)c1. The summed E-state index contributed by atoms with van der Waals surface area (Å²) in [4.78, 5) is 12.6. The third kappa shape index (κ3) is 5.84. The van der Waals surface area contributed by atoms with Crippen LogP contribution in [0, 0.1) is 11.3 Å². The minimum atomic E-state index is -3.62. The minimum Gasteiger partial charge on any atom is -0.346 e. The third-order valence-electron chi connectivity index (χ3n) is 4.93. The molecule has 2 N–H and O–H groups in total. The van der Waals surface area contributed by atoms with Crippen molar-refractivity contribution in [2.45, 2.75) is 37.6 Å². The zero-order chi connectivity index (χ0) is 23.0. The van der Waals surface area contributed by atoms with E-state index < -0.39 is 10.0 Å². The Balaban J connectivity index is 1.73. The van der Waals surface area contributed by atoms with Crippen LogP contribution in [0.25, 0.3) is 17.0 Å². The molecule has 7 nitrogen and oxygen atoms in total. The second-order valence-electron chi connectivity index (χ2n) is 7.30. The summed E-state index contributed by atoms with van der Waals surface area (Å²) in [5, 5.41) is 12.6. The maximum Gasteiger partial charge on any atom is 0.248 e. The second-order valence-corrected chi connectivity index (χ2v) is 9.07. The van der Waals surface area contributed by atoms with E-state index in [4.69, 9.17) is 5.26 Å². The number of sulfonamides is 1. The molecule has 0 fully saturated rings. The van der Waals surface area contributed by atoms with Gasteiger partial charge in [0.05, 0.1) is 17.4 Å². The standard InChI is InChI=1S/C24H26N4O3S/c1-2-3-15-26-32(30,31)21-9-6-8-20(17-21)27-24(29)13-12-19-18-28(16-7-14-25)23-11-5-4-10-22(19)23/h4-6,8-13,17-18,26H,2-3,7,15-16H2,1H3,(H,27,29). The topological polar surface area (TPSA) is 104 Å². The molecule has 0 spiro atoms. The molecule has 0 aliphatic heterocycles. The van der Waals surface area contributed by atoms with Crippen molar-refractivity contribution >= 4 is 38.6 Å². The fraction of sp³-hybridized carbons (Fsp3) is 0.250. The Labute approximate surface area is 188 Å². The zero-order valence-corrected chi connectivity index (χ0v) is 18.7. The first-order valence-electron chi connectivity index (χ1n) is 10.5. The molecular weight excluding hydrogens is 424 g/mol. The summed E-state index contributed by atoms with van der Waals surface area (Å²) >= 11 is 0. The fourth-order valence-electron chi connectivity index (χ4n) is 3.32. The summed E-state index contributed by atoms with van der Waals surface area (Å²) in [5.74, 6) is -0.368. The van der Waals surface area contributed by atoms with Crippen molar-refractivity contribution in [2.24, 2.45) is 0 Å². The Morgan fingerprint density at radius 3 is 2.78 bits per heavy atom. The van der Waals surface area contributed by atoms with Crippen LogP contribution in [0.2, 0.25) is 0 Å². The second kappa shape index (κ2) is 10.8. The average molecular weight is 451 g/mol. The van der Waals surface area contributed by atoms with E-state index in [0.717, 1.165) is 29.3 Å². The molecule has 0 radical (unpaired) electrons. The number of amides is 1. The maximum atomic E-state index is 12.5. The van der Waals surface area contributed by atoms with Crippen molar-refractivity contribution < 1.29 is 13.2 Å². The van der Waals surface area contributed by atoms with Crippen LogP contribution >= 0.6 is 0 Å². The fourth-order valence-corrected chi connectivity index (χ4v) is 4.44. The lowest BCUT2D eigenvalue weighted by atomic mass is 10.1. The van der Waals surface area contributed by atoms with Crippen molar-refractivity contribution in [1.82, 2.24) is 9.29 Å². The van der Waals surface area contributed by atoms with Gasteiger partial charge in [0, 0.05) is 47.5 Å². The molecule has 0 atom stereocenters. The normalized spacial score (nSPS) is 11.6. The number of nitrogens with zero attached hydrogens (tertiary/aromatic N) is 2. The maximum absolute atomic E-state index is 12.5. The molecule has 0 saturated heterocycles. The van der Waals surface area contributed by atoms with Crippen LogP contribution in [0.15, 0.2) is 65.7 Å². The van der Waals surface area contributed by atoms with E-state index in [2.05, 4.69) is 16.1 Å². The number of hydrogen-bond donors (Lipinski definition) is 2. The molecule has 0 aliphatic rings. The molecular formula is C24H26N4O3S. The number of nitriles is 1. The Hall–Kier alpha value is -3.41. The minimum absolute atomic E-state index is 0.107. The van der Waals surface area contributed by atoms with Gasteiger partial charge >= 0.3 is 0 Å². The molecule has 8 heteroatoms. The number of nitrogens with one attached hydrogen (secondary N) is 2.